The van der Waals surface area contributed by atoms with E-state index in [1.807, 2.05) is 35.2 Å². The number of nitrogens with one attached hydrogen (secondary N) is 1. The summed E-state index contributed by atoms with van der Waals surface area (Å²) in [5.41, 5.74) is 0. The monoisotopic (exact) mass is 302 g/mol. The fourth-order valence-corrected chi connectivity index (χ4v) is 3.67. The van der Waals surface area contributed by atoms with E-state index in [1.165, 1.54) is 11.3 Å². The van der Waals surface area contributed by atoms with Crippen molar-refractivity contribution in [1.82, 2.24) is 10.2 Å². The van der Waals surface area contributed by atoms with Gasteiger partial charge in [0.2, 0.25) is 5.91 Å². The quantitative estimate of drug-likeness (QED) is 0.944. The van der Waals surface area contributed by atoms with Crippen LogP contribution in [0.2, 0.25) is 0 Å². The second kappa shape index (κ2) is 5.85. The molecule has 3 rings (SSSR count). The maximum atomic E-state index is 12.3. The number of hydrogen-bond acceptors (Lipinski definition) is 3. The van der Waals surface area contributed by atoms with Crippen LogP contribution in [-0.2, 0) is 4.79 Å². The number of carbonyl (C=O) groups excluding carboxylic acids is 2. The Hall–Kier alpha value is -1.88. The Balaban J connectivity index is 1.68. The predicted molar refractivity (Wildman–Crippen MR) is 84.6 cm³/mol. The first-order valence-electron chi connectivity index (χ1n) is 7.24. The highest BCUT2D eigenvalue weighted by Crippen LogP contribution is 2.25. The molecule has 1 aliphatic heterocycles. The van der Waals surface area contributed by atoms with Crippen LogP contribution in [0.4, 0.5) is 0 Å². The third kappa shape index (κ3) is 2.93. The van der Waals surface area contributed by atoms with E-state index in [4.69, 9.17) is 0 Å². The van der Waals surface area contributed by atoms with E-state index in [2.05, 4.69) is 12.2 Å². The standard InChI is InChI=1S/C16H18N2O2S/c1-2-7-18-10-12(9-15(18)19)17-16(20)14-8-11-5-3-4-6-13(11)21-14/h3-6,8,12H,2,7,9-10H2,1H3,(H,17,20)/t12-/m1/s1. The summed E-state index contributed by atoms with van der Waals surface area (Å²) >= 11 is 1.49. The van der Waals surface area contributed by atoms with Gasteiger partial charge in [0.15, 0.2) is 0 Å². The zero-order valence-electron chi connectivity index (χ0n) is 12.0. The highest BCUT2D eigenvalue weighted by Gasteiger charge is 2.30. The Morgan fingerprint density at radius 2 is 2.24 bits per heavy atom. The fourth-order valence-electron chi connectivity index (χ4n) is 2.71. The van der Waals surface area contributed by atoms with Gasteiger partial charge in [-0.15, -0.1) is 11.3 Å². The van der Waals surface area contributed by atoms with E-state index in [0.29, 0.717) is 17.8 Å². The second-order valence-corrected chi connectivity index (χ2v) is 6.45. The molecule has 0 aliphatic carbocycles. The largest absolute Gasteiger partial charge is 0.346 e. The minimum atomic E-state index is -0.0765. The number of thiophene rings is 1. The molecule has 0 spiro atoms. The van der Waals surface area contributed by atoms with Gasteiger partial charge in [-0.05, 0) is 23.9 Å². The van der Waals surface area contributed by atoms with Crippen LogP contribution >= 0.6 is 11.3 Å². The third-order valence-electron chi connectivity index (χ3n) is 3.69. The molecule has 1 saturated heterocycles. The number of benzene rings is 1. The van der Waals surface area contributed by atoms with E-state index in [9.17, 15) is 9.59 Å². The average Bonchev–Trinajstić information content (AvgIpc) is 3.03. The minimum absolute atomic E-state index is 0.0678. The summed E-state index contributed by atoms with van der Waals surface area (Å²) in [6.07, 6.45) is 1.36. The molecule has 0 bridgehead atoms. The van der Waals surface area contributed by atoms with E-state index >= 15 is 0 Å². The van der Waals surface area contributed by atoms with E-state index < -0.39 is 0 Å². The average molecular weight is 302 g/mol. The number of amides is 2. The van der Waals surface area contributed by atoms with Crippen molar-refractivity contribution in [3.8, 4) is 0 Å². The molecule has 1 fully saturated rings. The van der Waals surface area contributed by atoms with Crippen LogP contribution in [0.3, 0.4) is 0 Å². The van der Waals surface area contributed by atoms with Crippen LogP contribution in [0, 0.1) is 0 Å². The molecule has 2 aromatic rings. The summed E-state index contributed by atoms with van der Waals surface area (Å²) < 4.78 is 1.11. The summed E-state index contributed by atoms with van der Waals surface area (Å²) in [6.45, 7) is 3.45. The summed E-state index contributed by atoms with van der Waals surface area (Å²) in [5.74, 6) is 0.0610. The molecule has 0 unspecified atom stereocenters. The van der Waals surface area contributed by atoms with Crippen molar-refractivity contribution in [1.29, 1.82) is 0 Å². The number of carbonyl (C=O) groups is 2. The highest BCUT2D eigenvalue weighted by molar-refractivity contribution is 7.20. The fraction of sp³-hybridized carbons (Fsp3) is 0.375. The molecule has 110 valence electrons. The predicted octanol–water partition coefficient (Wildman–Crippen LogP) is 2.64. The van der Waals surface area contributed by atoms with Crippen molar-refractivity contribution >= 4 is 33.2 Å². The Kier molecular flexibility index (Phi) is 3.92. The lowest BCUT2D eigenvalue weighted by atomic mass is 10.2. The highest BCUT2D eigenvalue weighted by atomic mass is 32.1. The zero-order chi connectivity index (χ0) is 14.8. The van der Waals surface area contributed by atoms with E-state index in [1.54, 1.807) is 0 Å². The van der Waals surface area contributed by atoms with Gasteiger partial charge in [0, 0.05) is 24.2 Å². The van der Waals surface area contributed by atoms with E-state index in [-0.39, 0.29) is 17.9 Å². The van der Waals surface area contributed by atoms with Crippen LogP contribution in [0.15, 0.2) is 30.3 Å². The molecule has 1 aromatic heterocycles. The Labute approximate surface area is 127 Å². The van der Waals surface area contributed by atoms with Gasteiger partial charge in [0.25, 0.3) is 5.91 Å². The van der Waals surface area contributed by atoms with Crippen molar-refractivity contribution in [3.05, 3.63) is 35.2 Å². The first-order chi connectivity index (χ1) is 10.2. The molecule has 1 N–H and O–H groups in total. The number of nitrogens with zero attached hydrogens (tertiary/aromatic N) is 1. The molecule has 5 heteroatoms. The summed E-state index contributed by atoms with van der Waals surface area (Å²) in [4.78, 5) is 26.7. The molecule has 2 amide bonds. The Morgan fingerprint density at radius 3 is 3.00 bits per heavy atom. The molecule has 0 radical (unpaired) electrons. The van der Waals surface area contributed by atoms with E-state index in [0.717, 1.165) is 23.1 Å². The van der Waals surface area contributed by atoms with Crippen molar-refractivity contribution in [2.24, 2.45) is 0 Å². The second-order valence-electron chi connectivity index (χ2n) is 5.36. The lowest BCUT2D eigenvalue weighted by Gasteiger charge is -2.15. The van der Waals surface area contributed by atoms with Crippen LogP contribution < -0.4 is 5.32 Å². The number of hydrogen-bond donors (Lipinski definition) is 1. The third-order valence-corrected chi connectivity index (χ3v) is 4.81. The topological polar surface area (TPSA) is 49.4 Å². The molecule has 21 heavy (non-hydrogen) atoms. The molecular weight excluding hydrogens is 284 g/mol. The maximum absolute atomic E-state index is 12.3. The first-order valence-corrected chi connectivity index (χ1v) is 8.06. The number of rotatable bonds is 4. The van der Waals surface area contributed by atoms with Gasteiger partial charge in [0.1, 0.15) is 0 Å². The van der Waals surface area contributed by atoms with Gasteiger partial charge >= 0.3 is 0 Å². The van der Waals surface area contributed by atoms with Crippen LogP contribution in [-0.4, -0.2) is 35.8 Å². The molecule has 1 aromatic carbocycles. The smallest absolute Gasteiger partial charge is 0.261 e. The Morgan fingerprint density at radius 1 is 1.43 bits per heavy atom. The maximum Gasteiger partial charge on any atom is 0.261 e. The molecule has 1 aliphatic rings. The van der Waals surface area contributed by atoms with Crippen LogP contribution in [0.25, 0.3) is 10.1 Å². The lowest BCUT2D eigenvalue weighted by molar-refractivity contribution is -0.127. The molecular formula is C16H18N2O2S. The van der Waals surface area contributed by atoms with Gasteiger partial charge in [0.05, 0.1) is 10.9 Å². The normalized spacial score (nSPS) is 18.4. The molecule has 0 saturated carbocycles. The number of fused-ring (bicyclic) bond motifs is 1. The van der Waals surface area contributed by atoms with Crippen LogP contribution in [0.1, 0.15) is 29.4 Å². The van der Waals surface area contributed by atoms with Crippen LogP contribution in [0.5, 0.6) is 0 Å². The first kappa shape index (κ1) is 14.1. The van der Waals surface area contributed by atoms with Gasteiger partial charge in [-0.3, -0.25) is 9.59 Å². The minimum Gasteiger partial charge on any atom is -0.346 e. The number of likely N-dealkylation sites (tertiary alicyclic amines) is 1. The summed E-state index contributed by atoms with van der Waals surface area (Å²) in [5, 5.41) is 4.07. The van der Waals surface area contributed by atoms with Gasteiger partial charge in [-0.25, -0.2) is 0 Å². The van der Waals surface area contributed by atoms with Gasteiger partial charge < -0.3 is 10.2 Å². The van der Waals surface area contributed by atoms with Crippen molar-refractivity contribution < 1.29 is 9.59 Å². The van der Waals surface area contributed by atoms with Gasteiger partial charge in [-0.1, -0.05) is 25.1 Å². The molecule has 1 atom stereocenters. The summed E-state index contributed by atoms with van der Waals surface area (Å²) in [6, 6.07) is 9.80. The zero-order valence-corrected chi connectivity index (χ0v) is 12.8. The molecule has 4 nitrogen and oxygen atoms in total. The van der Waals surface area contributed by atoms with Crippen molar-refractivity contribution in [3.63, 3.8) is 0 Å². The lowest BCUT2D eigenvalue weighted by Crippen LogP contribution is -2.36. The van der Waals surface area contributed by atoms with Crippen molar-refractivity contribution in [2.75, 3.05) is 13.1 Å². The summed E-state index contributed by atoms with van der Waals surface area (Å²) in [7, 11) is 0. The SMILES string of the molecule is CCCN1C[C@H](NC(=O)c2cc3ccccc3s2)CC1=O. The van der Waals surface area contributed by atoms with Crippen molar-refractivity contribution in [2.45, 2.75) is 25.8 Å². The Bertz CT molecular complexity index is 647. The van der Waals surface area contributed by atoms with Gasteiger partial charge in [-0.2, -0.15) is 0 Å². The molecule has 2 heterocycles.